The Labute approximate surface area is 119 Å². The highest BCUT2D eigenvalue weighted by Crippen LogP contribution is 2.20. The van der Waals surface area contributed by atoms with Crippen LogP contribution < -0.4 is 11.1 Å². The summed E-state index contributed by atoms with van der Waals surface area (Å²) in [5, 5.41) is 3.28. The third kappa shape index (κ3) is 3.67. The molecule has 0 bridgehead atoms. The maximum absolute atomic E-state index is 11.4. The highest BCUT2D eigenvalue weighted by Gasteiger charge is 2.27. The average molecular weight is 298 g/mol. The Morgan fingerprint density at radius 1 is 1.53 bits per heavy atom. The maximum Gasteiger partial charge on any atom is 0.150 e. The van der Waals surface area contributed by atoms with Crippen LogP contribution in [0.25, 0.3) is 0 Å². The van der Waals surface area contributed by atoms with Crippen molar-refractivity contribution in [3.63, 3.8) is 0 Å². The molecule has 1 aromatic carbocycles. The van der Waals surface area contributed by atoms with Gasteiger partial charge in [0, 0.05) is 17.8 Å². The van der Waals surface area contributed by atoms with Gasteiger partial charge in [-0.25, -0.2) is 8.42 Å². The normalized spacial score (nSPS) is 21.2. The van der Waals surface area contributed by atoms with Crippen LogP contribution in [0, 0.1) is 12.8 Å². The molecular formula is C13H18N2O2S2. The van der Waals surface area contributed by atoms with Gasteiger partial charge >= 0.3 is 0 Å². The van der Waals surface area contributed by atoms with Crippen molar-refractivity contribution in [2.45, 2.75) is 13.3 Å². The number of anilines is 1. The minimum absolute atomic E-state index is 0.209. The van der Waals surface area contributed by atoms with E-state index >= 15 is 0 Å². The largest absolute Gasteiger partial charge is 0.389 e. The number of hydrogen-bond donors (Lipinski definition) is 2. The average Bonchev–Trinajstić information content (AvgIpc) is 2.66. The first kappa shape index (κ1) is 14.3. The van der Waals surface area contributed by atoms with Gasteiger partial charge in [-0.15, -0.1) is 0 Å². The quantitative estimate of drug-likeness (QED) is 0.824. The molecule has 1 aliphatic heterocycles. The fraction of sp³-hybridized carbons (Fsp3) is 0.462. The molecule has 0 aliphatic carbocycles. The summed E-state index contributed by atoms with van der Waals surface area (Å²) in [4.78, 5) is 0.394. The van der Waals surface area contributed by atoms with E-state index in [0.717, 1.165) is 23.2 Å². The zero-order valence-corrected chi connectivity index (χ0v) is 12.5. The molecule has 104 valence electrons. The number of rotatable bonds is 4. The van der Waals surface area contributed by atoms with E-state index < -0.39 is 9.84 Å². The number of sulfone groups is 1. The Hall–Kier alpha value is -1.14. The predicted molar refractivity (Wildman–Crippen MR) is 82.3 cm³/mol. The topological polar surface area (TPSA) is 72.2 Å². The molecule has 4 nitrogen and oxygen atoms in total. The predicted octanol–water partition coefficient (Wildman–Crippen LogP) is 1.48. The van der Waals surface area contributed by atoms with E-state index in [2.05, 4.69) is 5.32 Å². The lowest BCUT2D eigenvalue weighted by Crippen LogP contribution is -2.16. The van der Waals surface area contributed by atoms with Crippen LogP contribution in [-0.2, 0) is 9.84 Å². The summed E-state index contributed by atoms with van der Waals surface area (Å²) in [6, 6.07) is 5.80. The van der Waals surface area contributed by atoms with Gasteiger partial charge in [-0.2, -0.15) is 0 Å². The Kier molecular flexibility index (Phi) is 4.10. The van der Waals surface area contributed by atoms with Gasteiger partial charge in [-0.1, -0.05) is 12.2 Å². The Morgan fingerprint density at radius 3 is 2.79 bits per heavy atom. The molecule has 1 fully saturated rings. The minimum Gasteiger partial charge on any atom is -0.389 e. The van der Waals surface area contributed by atoms with Gasteiger partial charge in [0.05, 0.1) is 11.5 Å². The number of nitrogens with one attached hydrogen (secondary N) is 1. The highest BCUT2D eigenvalue weighted by molar-refractivity contribution is 7.91. The second-order valence-electron chi connectivity index (χ2n) is 5.04. The van der Waals surface area contributed by atoms with E-state index in [4.69, 9.17) is 18.0 Å². The summed E-state index contributed by atoms with van der Waals surface area (Å²) in [6.07, 6.45) is 0.749. The standard InChI is InChI=1S/C13H18N2O2S2/c1-9-6-11(2-3-12(9)13(14)18)15-7-10-4-5-19(16,17)8-10/h2-3,6,10,15H,4-5,7-8H2,1H3,(H2,14,18). The minimum atomic E-state index is -2.80. The summed E-state index contributed by atoms with van der Waals surface area (Å²) in [6.45, 7) is 2.64. The van der Waals surface area contributed by atoms with Crippen molar-refractivity contribution in [2.24, 2.45) is 11.7 Å². The van der Waals surface area contributed by atoms with Crippen LogP contribution in [-0.4, -0.2) is 31.5 Å². The molecule has 1 heterocycles. The first-order valence-corrected chi connectivity index (χ1v) is 8.45. The molecule has 0 amide bonds. The smallest absolute Gasteiger partial charge is 0.150 e. The lowest BCUT2D eigenvalue weighted by atomic mass is 10.1. The lowest BCUT2D eigenvalue weighted by Gasteiger charge is -2.12. The van der Waals surface area contributed by atoms with Crippen LogP contribution in [0.5, 0.6) is 0 Å². The molecule has 1 atom stereocenters. The second-order valence-corrected chi connectivity index (χ2v) is 7.71. The first-order valence-electron chi connectivity index (χ1n) is 6.22. The van der Waals surface area contributed by atoms with Gasteiger partial charge in [0.15, 0.2) is 9.84 Å². The number of thiocarbonyl (C=S) groups is 1. The third-order valence-corrected chi connectivity index (χ3v) is 5.47. The lowest BCUT2D eigenvalue weighted by molar-refractivity contribution is 0.596. The van der Waals surface area contributed by atoms with Crippen molar-refractivity contribution < 1.29 is 8.42 Å². The van der Waals surface area contributed by atoms with E-state index in [1.807, 2.05) is 25.1 Å². The fourth-order valence-corrected chi connectivity index (χ4v) is 4.44. The molecule has 0 aromatic heterocycles. The van der Waals surface area contributed by atoms with Crippen molar-refractivity contribution in [3.8, 4) is 0 Å². The number of nitrogens with two attached hydrogens (primary N) is 1. The summed E-state index contributed by atoms with van der Waals surface area (Å²) in [5.41, 5.74) is 8.49. The van der Waals surface area contributed by atoms with Gasteiger partial charge in [0.25, 0.3) is 0 Å². The second kappa shape index (κ2) is 5.46. The molecule has 19 heavy (non-hydrogen) atoms. The molecule has 1 aliphatic rings. The van der Waals surface area contributed by atoms with E-state index in [1.165, 1.54) is 0 Å². The Morgan fingerprint density at radius 2 is 2.26 bits per heavy atom. The maximum atomic E-state index is 11.4. The Balaban J connectivity index is 1.97. The monoisotopic (exact) mass is 298 g/mol. The molecule has 1 unspecified atom stereocenters. The van der Waals surface area contributed by atoms with E-state index in [0.29, 0.717) is 23.0 Å². The summed E-state index contributed by atoms with van der Waals surface area (Å²) in [5.74, 6) is 0.823. The van der Waals surface area contributed by atoms with Crippen molar-refractivity contribution in [3.05, 3.63) is 29.3 Å². The number of benzene rings is 1. The molecule has 6 heteroatoms. The zero-order chi connectivity index (χ0) is 14.0. The highest BCUT2D eigenvalue weighted by atomic mass is 32.2. The Bertz CT molecular complexity index is 597. The van der Waals surface area contributed by atoms with Gasteiger partial charge in [0.1, 0.15) is 4.99 Å². The fourth-order valence-electron chi connectivity index (χ4n) is 2.35. The number of hydrogen-bond acceptors (Lipinski definition) is 4. The van der Waals surface area contributed by atoms with Gasteiger partial charge in [-0.3, -0.25) is 0 Å². The molecule has 1 aromatic rings. The molecule has 3 N–H and O–H groups in total. The molecule has 0 radical (unpaired) electrons. The molecule has 2 rings (SSSR count). The van der Waals surface area contributed by atoms with E-state index in [1.54, 1.807) is 0 Å². The van der Waals surface area contributed by atoms with Gasteiger partial charge in [0.2, 0.25) is 0 Å². The molecular weight excluding hydrogens is 280 g/mol. The third-order valence-electron chi connectivity index (χ3n) is 3.41. The van der Waals surface area contributed by atoms with Crippen molar-refractivity contribution >= 4 is 32.7 Å². The molecule has 1 saturated heterocycles. The van der Waals surface area contributed by atoms with Gasteiger partial charge in [-0.05, 0) is 43.0 Å². The summed E-state index contributed by atoms with van der Waals surface area (Å²) >= 11 is 4.96. The van der Waals surface area contributed by atoms with Crippen LogP contribution in [0.3, 0.4) is 0 Å². The van der Waals surface area contributed by atoms with E-state index in [9.17, 15) is 8.42 Å². The van der Waals surface area contributed by atoms with Crippen molar-refractivity contribution in [1.82, 2.24) is 0 Å². The van der Waals surface area contributed by atoms with Crippen LogP contribution >= 0.6 is 12.2 Å². The summed E-state index contributed by atoms with van der Waals surface area (Å²) in [7, 11) is -2.80. The molecule has 0 saturated carbocycles. The SMILES string of the molecule is Cc1cc(NCC2CCS(=O)(=O)C2)ccc1C(N)=S. The van der Waals surface area contributed by atoms with E-state index in [-0.39, 0.29) is 5.92 Å². The van der Waals surface area contributed by atoms with Crippen molar-refractivity contribution in [1.29, 1.82) is 0 Å². The van der Waals surface area contributed by atoms with Crippen LogP contribution in [0.4, 0.5) is 5.69 Å². The summed E-state index contributed by atoms with van der Waals surface area (Å²) < 4.78 is 22.7. The van der Waals surface area contributed by atoms with Crippen LogP contribution in [0.1, 0.15) is 17.5 Å². The van der Waals surface area contributed by atoms with Crippen molar-refractivity contribution in [2.75, 3.05) is 23.4 Å². The zero-order valence-electron chi connectivity index (χ0n) is 10.8. The van der Waals surface area contributed by atoms with Gasteiger partial charge < -0.3 is 11.1 Å². The van der Waals surface area contributed by atoms with Crippen LogP contribution in [0.15, 0.2) is 18.2 Å². The molecule has 0 spiro atoms. The first-order chi connectivity index (χ1) is 8.87. The van der Waals surface area contributed by atoms with Crippen LogP contribution in [0.2, 0.25) is 0 Å². The number of aryl methyl sites for hydroxylation is 1.